The highest BCUT2D eigenvalue weighted by atomic mass is 32.2. The summed E-state index contributed by atoms with van der Waals surface area (Å²) in [4.78, 5) is 17.6. The monoisotopic (exact) mass is 354 g/mol. The van der Waals surface area contributed by atoms with Gasteiger partial charge in [0.2, 0.25) is 5.91 Å². The number of rotatable bonds is 5. The van der Waals surface area contributed by atoms with E-state index in [1.807, 2.05) is 37.3 Å². The number of alkyl halides is 3. The van der Waals surface area contributed by atoms with Gasteiger partial charge >= 0.3 is 6.18 Å². The predicted octanol–water partition coefficient (Wildman–Crippen LogP) is 4.41. The van der Waals surface area contributed by atoms with Crippen molar-refractivity contribution in [1.82, 2.24) is 9.88 Å². The van der Waals surface area contributed by atoms with Crippen molar-refractivity contribution >= 4 is 17.7 Å². The lowest BCUT2D eigenvalue weighted by Crippen LogP contribution is -2.31. The molecule has 3 nitrogen and oxygen atoms in total. The molecular weight excluding hydrogens is 337 g/mol. The summed E-state index contributed by atoms with van der Waals surface area (Å²) >= 11 is 1.12. The molecule has 1 aromatic heterocycles. The van der Waals surface area contributed by atoms with Crippen LogP contribution in [0.3, 0.4) is 0 Å². The van der Waals surface area contributed by atoms with Crippen LogP contribution in [0.15, 0.2) is 53.7 Å². The van der Waals surface area contributed by atoms with Gasteiger partial charge in [0.15, 0.2) is 0 Å². The van der Waals surface area contributed by atoms with Gasteiger partial charge in [-0.1, -0.05) is 42.1 Å². The zero-order chi connectivity index (χ0) is 17.7. The van der Waals surface area contributed by atoms with Gasteiger partial charge in [0.25, 0.3) is 0 Å². The van der Waals surface area contributed by atoms with E-state index in [4.69, 9.17) is 0 Å². The van der Waals surface area contributed by atoms with E-state index >= 15 is 0 Å². The number of thioether (sulfide) groups is 1. The third-order valence-corrected chi connectivity index (χ3v) is 4.59. The molecule has 0 radical (unpaired) electrons. The number of benzene rings is 1. The molecule has 0 spiro atoms. The van der Waals surface area contributed by atoms with Gasteiger partial charge in [0.05, 0.1) is 22.4 Å². The summed E-state index contributed by atoms with van der Waals surface area (Å²) in [7, 11) is 1.71. The number of carbonyl (C=O) groups excluding carboxylic acids is 1. The Labute approximate surface area is 142 Å². The second kappa shape index (κ2) is 7.70. The summed E-state index contributed by atoms with van der Waals surface area (Å²) in [6, 6.07) is 11.8. The van der Waals surface area contributed by atoms with Gasteiger partial charge in [0, 0.05) is 13.2 Å². The zero-order valence-corrected chi connectivity index (χ0v) is 14.1. The first-order valence-corrected chi connectivity index (χ1v) is 8.24. The lowest BCUT2D eigenvalue weighted by Gasteiger charge is -2.25. The summed E-state index contributed by atoms with van der Waals surface area (Å²) in [6.45, 7) is 1.92. The van der Waals surface area contributed by atoms with Gasteiger partial charge < -0.3 is 4.90 Å². The quantitative estimate of drug-likeness (QED) is 0.746. The van der Waals surface area contributed by atoms with Crippen LogP contribution >= 0.6 is 11.8 Å². The summed E-state index contributed by atoms with van der Waals surface area (Å²) in [6.07, 6.45) is -3.62. The highest BCUT2D eigenvalue weighted by Gasteiger charge is 2.30. The molecule has 128 valence electrons. The molecule has 1 heterocycles. The van der Waals surface area contributed by atoms with E-state index in [2.05, 4.69) is 4.98 Å². The van der Waals surface area contributed by atoms with Gasteiger partial charge in [-0.25, -0.2) is 4.98 Å². The van der Waals surface area contributed by atoms with Crippen LogP contribution in [0.25, 0.3) is 0 Å². The molecule has 24 heavy (non-hydrogen) atoms. The fraction of sp³-hybridized carbons (Fsp3) is 0.294. The highest BCUT2D eigenvalue weighted by molar-refractivity contribution is 7.99. The van der Waals surface area contributed by atoms with Gasteiger partial charge in [-0.2, -0.15) is 13.2 Å². The van der Waals surface area contributed by atoms with Gasteiger partial charge in [-0.15, -0.1) is 0 Å². The van der Waals surface area contributed by atoms with Crippen molar-refractivity contribution < 1.29 is 18.0 Å². The van der Waals surface area contributed by atoms with E-state index in [1.165, 1.54) is 6.07 Å². The van der Waals surface area contributed by atoms with Crippen molar-refractivity contribution in [1.29, 1.82) is 0 Å². The van der Waals surface area contributed by atoms with Crippen molar-refractivity contribution in [3.63, 3.8) is 0 Å². The van der Waals surface area contributed by atoms with Gasteiger partial charge in [0.1, 0.15) is 0 Å². The number of hydrogen-bond donors (Lipinski definition) is 0. The molecule has 0 saturated carbocycles. The van der Waals surface area contributed by atoms with Crippen molar-refractivity contribution in [3.8, 4) is 0 Å². The highest BCUT2D eigenvalue weighted by Crippen LogP contribution is 2.29. The van der Waals surface area contributed by atoms with Crippen LogP contribution in [0, 0.1) is 0 Å². The predicted molar refractivity (Wildman–Crippen MR) is 87.6 cm³/mol. The Balaban J connectivity index is 1.93. The molecule has 0 aliphatic heterocycles. The molecule has 0 fully saturated rings. The fourth-order valence-corrected chi connectivity index (χ4v) is 2.81. The molecule has 2 aromatic rings. The number of aromatic nitrogens is 1. The molecule has 7 heteroatoms. The van der Waals surface area contributed by atoms with Crippen LogP contribution in [0.1, 0.15) is 24.1 Å². The Morgan fingerprint density at radius 3 is 2.42 bits per heavy atom. The topological polar surface area (TPSA) is 33.2 Å². The zero-order valence-electron chi connectivity index (χ0n) is 13.2. The average Bonchev–Trinajstić information content (AvgIpc) is 2.58. The largest absolute Gasteiger partial charge is 0.417 e. The summed E-state index contributed by atoms with van der Waals surface area (Å²) in [5.41, 5.74) is 0.221. The van der Waals surface area contributed by atoms with E-state index in [-0.39, 0.29) is 17.7 Å². The van der Waals surface area contributed by atoms with Crippen molar-refractivity contribution in [2.75, 3.05) is 12.8 Å². The van der Waals surface area contributed by atoms with Crippen LogP contribution in [-0.4, -0.2) is 28.6 Å². The minimum absolute atomic E-state index is 0.0835. The van der Waals surface area contributed by atoms with E-state index in [9.17, 15) is 18.0 Å². The first kappa shape index (κ1) is 18.3. The first-order chi connectivity index (χ1) is 11.3. The molecule has 0 aliphatic carbocycles. The van der Waals surface area contributed by atoms with Crippen LogP contribution in [0.4, 0.5) is 13.2 Å². The molecule has 0 aliphatic rings. The minimum atomic E-state index is -4.41. The third kappa shape index (κ3) is 4.74. The van der Waals surface area contributed by atoms with E-state index in [0.717, 1.165) is 29.6 Å². The van der Waals surface area contributed by atoms with Crippen molar-refractivity contribution in [2.24, 2.45) is 0 Å². The SMILES string of the molecule is CC(c1ccccc1)N(C)C(=O)CSc1ccc(C(F)(F)F)cn1. The van der Waals surface area contributed by atoms with Gasteiger partial charge in [-0.3, -0.25) is 4.79 Å². The van der Waals surface area contributed by atoms with E-state index in [0.29, 0.717) is 5.03 Å². The molecule has 1 unspecified atom stereocenters. The molecule has 2 rings (SSSR count). The second-order valence-corrected chi connectivity index (χ2v) is 6.26. The third-order valence-electron chi connectivity index (χ3n) is 3.66. The maximum Gasteiger partial charge on any atom is 0.417 e. The first-order valence-electron chi connectivity index (χ1n) is 7.25. The Morgan fingerprint density at radius 1 is 1.21 bits per heavy atom. The Bertz CT molecular complexity index is 674. The van der Waals surface area contributed by atoms with Crippen LogP contribution in [-0.2, 0) is 11.0 Å². The summed E-state index contributed by atoms with van der Waals surface area (Å²) < 4.78 is 37.4. The lowest BCUT2D eigenvalue weighted by molar-refractivity contribution is -0.138. The number of pyridine rings is 1. The molecule has 0 bridgehead atoms. The molecule has 1 aromatic carbocycles. The second-order valence-electron chi connectivity index (χ2n) is 5.26. The fourth-order valence-electron chi connectivity index (χ4n) is 2.04. The minimum Gasteiger partial charge on any atom is -0.338 e. The standard InChI is InChI=1S/C17H17F3N2OS/c1-12(13-6-4-3-5-7-13)22(2)16(23)11-24-15-9-8-14(10-21-15)17(18,19)20/h3-10,12H,11H2,1-2H3. The summed E-state index contributed by atoms with van der Waals surface area (Å²) in [5, 5.41) is 0.386. The molecule has 1 amide bonds. The van der Waals surface area contributed by atoms with Crippen LogP contribution < -0.4 is 0 Å². The Morgan fingerprint density at radius 2 is 1.88 bits per heavy atom. The van der Waals surface area contributed by atoms with Crippen LogP contribution in [0.5, 0.6) is 0 Å². The lowest BCUT2D eigenvalue weighted by atomic mass is 10.1. The smallest absolute Gasteiger partial charge is 0.338 e. The average molecular weight is 354 g/mol. The van der Waals surface area contributed by atoms with Crippen molar-refractivity contribution in [3.05, 3.63) is 59.8 Å². The summed E-state index contributed by atoms with van der Waals surface area (Å²) in [5.74, 6) is 0.00419. The maximum atomic E-state index is 12.5. The maximum absolute atomic E-state index is 12.5. The number of nitrogens with zero attached hydrogens (tertiary/aromatic N) is 2. The molecule has 0 N–H and O–H groups in total. The molecular formula is C17H17F3N2OS. The van der Waals surface area contributed by atoms with Gasteiger partial charge in [-0.05, 0) is 24.6 Å². The number of hydrogen-bond acceptors (Lipinski definition) is 3. The Kier molecular flexibility index (Phi) is 5.88. The normalized spacial score (nSPS) is 12.7. The van der Waals surface area contributed by atoms with E-state index < -0.39 is 11.7 Å². The van der Waals surface area contributed by atoms with E-state index in [1.54, 1.807) is 11.9 Å². The number of carbonyl (C=O) groups is 1. The number of amides is 1. The molecule has 1 atom stereocenters. The number of halogens is 3. The van der Waals surface area contributed by atoms with Crippen LogP contribution in [0.2, 0.25) is 0 Å². The Hall–Kier alpha value is -2.02. The molecule has 0 saturated heterocycles. The van der Waals surface area contributed by atoms with Crippen molar-refractivity contribution in [2.45, 2.75) is 24.2 Å².